The van der Waals surface area contributed by atoms with E-state index in [1.54, 1.807) is 32.0 Å². The molecule has 0 spiro atoms. The summed E-state index contributed by atoms with van der Waals surface area (Å²) >= 11 is 0. The van der Waals surface area contributed by atoms with Gasteiger partial charge in [-0.3, -0.25) is 0 Å². The largest absolute Gasteiger partial charge is 0.399 e. The van der Waals surface area contributed by atoms with Crippen LogP contribution in [0.1, 0.15) is 13.8 Å². The predicted octanol–water partition coefficient (Wildman–Crippen LogP) is 1.15. The van der Waals surface area contributed by atoms with Crippen LogP contribution in [0.4, 0.5) is 10.5 Å². The summed E-state index contributed by atoms with van der Waals surface area (Å²) in [5.41, 5.74) is 6.74. The molecule has 2 amide bonds. The molecule has 0 saturated carbocycles. The maximum Gasteiger partial charge on any atom is 0.328 e. The summed E-state index contributed by atoms with van der Waals surface area (Å²) in [5.74, 6) is 0. The first-order valence-corrected chi connectivity index (χ1v) is 7.48. The lowest BCUT2D eigenvalue weighted by atomic mass is 10.2. The number of sulfonamides is 1. The minimum Gasteiger partial charge on any atom is -0.399 e. The molecular formula is C12H16N4O3S. The molecule has 0 bridgehead atoms. The fourth-order valence-corrected chi connectivity index (χ4v) is 2.90. The molecule has 0 atom stereocenters. The molecule has 5 N–H and O–H groups in total. The number of fused-ring (bicyclic) bond motifs is 1. The van der Waals surface area contributed by atoms with E-state index in [-0.39, 0.29) is 10.9 Å². The lowest BCUT2D eigenvalue weighted by Crippen LogP contribution is -2.42. The van der Waals surface area contributed by atoms with Gasteiger partial charge in [0.25, 0.3) is 10.0 Å². The first-order chi connectivity index (χ1) is 9.29. The number of amides is 2. The number of nitrogen functional groups attached to an aromatic ring is 1. The number of urea groups is 1. The number of carbonyl (C=O) groups excluding carboxylic acids is 1. The van der Waals surface area contributed by atoms with Crippen molar-refractivity contribution in [3.8, 4) is 0 Å². The Kier molecular flexibility index (Phi) is 3.58. The van der Waals surface area contributed by atoms with Crippen molar-refractivity contribution in [1.82, 2.24) is 15.0 Å². The van der Waals surface area contributed by atoms with Crippen molar-refractivity contribution in [2.45, 2.75) is 24.8 Å². The van der Waals surface area contributed by atoms with Crippen LogP contribution in [0.5, 0.6) is 0 Å². The highest BCUT2D eigenvalue weighted by Gasteiger charge is 2.21. The minimum atomic E-state index is -3.94. The predicted molar refractivity (Wildman–Crippen MR) is 76.7 cm³/mol. The van der Waals surface area contributed by atoms with Crippen LogP contribution >= 0.6 is 0 Å². The highest BCUT2D eigenvalue weighted by Crippen LogP contribution is 2.24. The number of benzene rings is 1. The molecule has 0 unspecified atom stereocenters. The van der Waals surface area contributed by atoms with Crippen LogP contribution in [0.25, 0.3) is 10.9 Å². The Morgan fingerprint density at radius 3 is 2.70 bits per heavy atom. The summed E-state index contributed by atoms with van der Waals surface area (Å²) in [5, 5.41) is 2.93. The molecule has 1 heterocycles. The summed E-state index contributed by atoms with van der Waals surface area (Å²) in [6, 6.07) is 3.90. The lowest BCUT2D eigenvalue weighted by molar-refractivity contribution is 0.243. The average molecular weight is 296 g/mol. The van der Waals surface area contributed by atoms with Gasteiger partial charge in [-0.1, -0.05) is 0 Å². The molecule has 0 aliphatic carbocycles. The van der Waals surface area contributed by atoms with Gasteiger partial charge in [-0.15, -0.1) is 0 Å². The van der Waals surface area contributed by atoms with Gasteiger partial charge in [-0.25, -0.2) is 17.9 Å². The van der Waals surface area contributed by atoms with Crippen molar-refractivity contribution in [3.63, 3.8) is 0 Å². The third kappa shape index (κ3) is 2.85. The zero-order chi connectivity index (χ0) is 14.9. The third-order valence-corrected chi connectivity index (χ3v) is 3.98. The van der Waals surface area contributed by atoms with E-state index < -0.39 is 16.1 Å². The number of aromatic amines is 1. The summed E-state index contributed by atoms with van der Waals surface area (Å²) in [4.78, 5) is 14.3. The van der Waals surface area contributed by atoms with Crippen LogP contribution in [0.3, 0.4) is 0 Å². The monoisotopic (exact) mass is 296 g/mol. The van der Waals surface area contributed by atoms with E-state index in [0.717, 1.165) is 0 Å². The highest BCUT2D eigenvalue weighted by molar-refractivity contribution is 7.90. The smallest absolute Gasteiger partial charge is 0.328 e. The van der Waals surface area contributed by atoms with Gasteiger partial charge in [0.15, 0.2) is 0 Å². The maximum absolute atomic E-state index is 12.2. The Balaban J connectivity index is 2.35. The van der Waals surface area contributed by atoms with Crippen LogP contribution in [-0.4, -0.2) is 25.5 Å². The molecule has 0 aliphatic rings. The number of carbonyl (C=O) groups is 1. The van der Waals surface area contributed by atoms with E-state index >= 15 is 0 Å². The van der Waals surface area contributed by atoms with Crippen molar-refractivity contribution in [2.24, 2.45) is 0 Å². The standard InChI is InChI=1S/C12H16N4O3S/c1-7(2)15-12(17)16-20(18,19)11-6-14-10-5-8(13)3-4-9(10)11/h3-7,14H,13H2,1-2H3,(H2,15,16,17). The molecule has 0 aliphatic heterocycles. The average Bonchev–Trinajstić information content (AvgIpc) is 2.70. The SMILES string of the molecule is CC(C)NC(=O)NS(=O)(=O)c1c[nH]c2cc(N)ccc12. The highest BCUT2D eigenvalue weighted by atomic mass is 32.2. The molecule has 2 rings (SSSR count). The van der Waals surface area contributed by atoms with Gasteiger partial charge in [0.1, 0.15) is 4.90 Å². The molecule has 20 heavy (non-hydrogen) atoms. The molecule has 2 aromatic rings. The molecule has 1 aromatic heterocycles. The second-order valence-electron chi connectivity index (χ2n) is 4.69. The normalized spacial score (nSPS) is 11.8. The Morgan fingerprint density at radius 1 is 1.35 bits per heavy atom. The first kappa shape index (κ1) is 14.2. The number of hydrogen-bond donors (Lipinski definition) is 4. The molecular weight excluding hydrogens is 280 g/mol. The van der Waals surface area contributed by atoms with Gasteiger partial charge in [-0.05, 0) is 32.0 Å². The lowest BCUT2D eigenvalue weighted by Gasteiger charge is -2.10. The van der Waals surface area contributed by atoms with Crippen molar-refractivity contribution >= 4 is 32.6 Å². The van der Waals surface area contributed by atoms with E-state index in [4.69, 9.17) is 5.73 Å². The number of nitrogens with two attached hydrogens (primary N) is 1. The van der Waals surface area contributed by atoms with Crippen LogP contribution in [-0.2, 0) is 10.0 Å². The number of anilines is 1. The number of nitrogens with one attached hydrogen (secondary N) is 3. The molecule has 0 radical (unpaired) electrons. The van der Waals surface area contributed by atoms with E-state index in [0.29, 0.717) is 16.6 Å². The summed E-state index contributed by atoms with van der Waals surface area (Å²) in [6.45, 7) is 3.47. The molecule has 8 heteroatoms. The second kappa shape index (κ2) is 5.04. The molecule has 108 valence electrons. The zero-order valence-corrected chi connectivity index (χ0v) is 11.9. The molecule has 1 aromatic carbocycles. The third-order valence-electron chi connectivity index (χ3n) is 2.60. The van der Waals surface area contributed by atoms with Crippen LogP contribution in [0.15, 0.2) is 29.3 Å². The Morgan fingerprint density at radius 2 is 2.05 bits per heavy atom. The van der Waals surface area contributed by atoms with Crippen molar-refractivity contribution in [1.29, 1.82) is 0 Å². The Hall–Kier alpha value is -2.22. The number of aromatic nitrogens is 1. The molecule has 0 fully saturated rings. The molecule has 7 nitrogen and oxygen atoms in total. The zero-order valence-electron chi connectivity index (χ0n) is 11.1. The van der Waals surface area contributed by atoms with E-state index in [2.05, 4.69) is 10.3 Å². The number of H-pyrrole nitrogens is 1. The van der Waals surface area contributed by atoms with Gasteiger partial charge >= 0.3 is 6.03 Å². The Bertz CT molecular complexity index is 749. The van der Waals surface area contributed by atoms with Gasteiger partial charge in [0.05, 0.1) is 0 Å². The Labute approximate surface area is 116 Å². The van der Waals surface area contributed by atoms with Gasteiger partial charge in [0.2, 0.25) is 0 Å². The van der Waals surface area contributed by atoms with Gasteiger partial charge in [-0.2, -0.15) is 0 Å². The number of rotatable bonds is 3. The van der Waals surface area contributed by atoms with E-state index in [1.165, 1.54) is 6.20 Å². The number of hydrogen-bond acceptors (Lipinski definition) is 4. The second-order valence-corrected chi connectivity index (χ2v) is 6.34. The van der Waals surface area contributed by atoms with Gasteiger partial charge in [0, 0.05) is 28.8 Å². The summed E-state index contributed by atoms with van der Waals surface area (Å²) < 4.78 is 26.3. The van der Waals surface area contributed by atoms with Crippen molar-refractivity contribution in [2.75, 3.05) is 5.73 Å². The fourth-order valence-electron chi connectivity index (χ4n) is 1.81. The quantitative estimate of drug-likeness (QED) is 0.635. The van der Waals surface area contributed by atoms with Gasteiger partial charge < -0.3 is 16.0 Å². The fraction of sp³-hybridized carbons (Fsp3) is 0.250. The molecule has 0 saturated heterocycles. The topological polar surface area (TPSA) is 117 Å². The summed E-state index contributed by atoms with van der Waals surface area (Å²) in [7, 11) is -3.94. The van der Waals surface area contributed by atoms with Crippen molar-refractivity contribution in [3.05, 3.63) is 24.4 Å². The van der Waals surface area contributed by atoms with Crippen LogP contribution < -0.4 is 15.8 Å². The maximum atomic E-state index is 12.2. The van der Waals surface area contributed by atoms with E-state index in [9.17, 15) is 13.2 Å². The first-order valence-electron chi connectivity index (χ1n) is 5.99. The van der Waals surface area contributed by atoms with E-state index in [1.807, 2.05) is 4.72 Å². The summed E-state index contributed by atoms with van der Waals surface area (Å²) in [6.07, 6.45) is 1.33. The minimum absolute atomic E-state index is 0.00593. The van der Waals surface area contributed by atoms with Crippen LogP contribution in [0.2, 0.25) is 0 Å². The van der Waals surface area contributed by atoms with Crippen molar-refractivity contribution < 1.29 is 13.2 Å². The van der Waals surface area contributed by atoms with Crippen LogP contribution in [0, 0.1) is 0 Å².